The van der Waals surface area contributed by atoms with E-state index in [1.165, 1.54) is 25.9 Å². The molecule has 4 nitrogen and oxygen atoms in total. The maximum atomic E-state index is 12.4. The summed E-state index contributed by atoms with van der Waals surface area (Å²) in [5.74, 6) is 0.655. The molecule has 0 aromatic carbocycles. The molecule has 3 fully saturated rings. The summed E-state index contributed by atoms with van der Waals surface area (Å²) in [4.78, 5) is 17.0. The first kappa shape index (κ1) is 15.3. The molecular weight excluding hydrogens is 264 g/mol. The van der Waals surface area contributed by atoms with E-state index in [9.17, 15) is 4.79 Å². The lowest BCUT2D eigenvalue weighted by Gasteiger charge is -2.58. The molecule has 1 saturated carbocycles. The second-order valence-corrected chi connectivity index (χ2v) is 8.40. The lowest BCUT2D eigenvalue weighted by Crippen LogP contribution is -2.64. The van der Waals surface area contributed by atoms with Crippen molar-refractivity contribution >= 4 is 5.91 Å². The van der Waals surface area contributed by atoms with Crippen molar-refractivity contribution in [3.05, 3.63) is 0 Å². The van der Waals surface area contributed by atoms with Crippen LogP contribution < -0.4 is 0 Å². The molecule has 0 unspecified atom stereocenters. The monoisotopic (exact) mass is 294 g/mol. The Kier molecular flexibility index (Phi) is 3.81. The number of rotatable bonds is 2. The summed E-state index contributed by atoms with van der Waals surface area (Å²) in [7, 11) is 1.73. The highest BCUT2D eigenvalue weighted by Gasteiger charge is 2.49. The fourth-order valence-corrected chi connectivity index (χ4v) is 4.06. The van der Waals surface area contributed by atoms with Gasteiger partial charge in [-0.05, 0) is 51.9 Å². The van der Waals surface area contributed by atoms with Gasteiger partial charge in [-0.25, -0.2) is 0 Å². The lowest BCUT2D eigenvalue weighted by molar-refractivity contribution is -0.152. The van der Waals surface area contributed by atoms with Crippen molar-refractivity contribution in [2.45, 2.75) is 58.1 Å². The number of likely N-dealkylation sites (tertiary alicyclic amines) is 2. The van der Waals surface area contributed by atoms with E-state index in [0.717, 1.165) is 25.9 Å². The zero-order chi connectivity index (χ0) is 15.3. The van der Waals surface area contributed by atoms with Crippen LogP contribution in [0, 0.1) is 11.3 Å². The Labute approximate surface area is 128 Å². The third-order valence-corrected chi connectivity index (χ3v) is 5.89. The molecule has 2 aliphatic heterocycles. The van der Waals surface area contributed by atoms with Crippen LogP contribution in [0.25, 0.3) is 0 Å². The SMILES string of the molecule is COC1CN(C(=O)C2CCC3(CC2)CN(C(C)(C)C)C3)C1. The highest BCUT2D eigenvalue weighted by molar-refractivity contribution is 5.79. The summed E-state index contributed by atoms with van der Waals surface area (Å²) in [5, 5.41) is 0. The second kappa shape index (κ2) is 5.24. The largest absolute Gasteiger partial charge is 0.378 e. The van der Waals surface area contributed by atoms with Gasteiger partial charge in [-0.1, -0.05) is 0 Å². The van der Waals surface area contributed by atoms with Crippen molar-refractivity contribution in [3.8, 4) is 0 Å². The molecular formula is C17H30N2O2. The fourth-order valence-electron chi connectivity index (χ4n) is 4.06. The average molecular weight is 294 g/mol. The van der Waals surface area contributed by atoms with Crippen LogP contribution >= 0.6 is 0 Å². The topological polar surface area (TPSA) is 32.8 Å². The predicted octanol–water partition coefficient (Wildman–Crippen LogP) is 2.13. The highest BCUT2D eigenvalue weighted by atomic mass is 16.5. The molecule has 0 aromatic heterocycles. The van der Waals surface area contributed by atoms with Gasteiger partial charge in [-0.2, -0.15) is 0 Å². The molecule has 2 saturated heterocycles. The zero-order valence-corrected chi connectivity index (χ0v) is 14.0. The van der Waals surface area contributed by atoms with Crippen molar-refractivity contribution in [2.24, 2.45) is 11.3 Å². The third kappa shape index (κ3) is 2.85. The van der Waals surface area contributed by atoms with Crippen LogP contribution in [0.5, 0.6) is 0 Å². The van der Waals surface area contributed by atoms with Crippen LogP contribution in [0.4, 0.5) is 0 Å². The van der Waals surface area contributed by atoms with E-state index in [1.54, 1.807) is 7.11 Å². The Bertz CT molecular complexity index is 394. The van der Waals surface area contributed by atoms with Crippen LogP contribution in [0.1, 0.15) is 46.5 Å². The van der Waals surface area contributed by atoms with E-state index >= 15 is 0 Å². The van der Waals surface area contributed by atoms with Gasteiger partial charge in [0.05, 0.1) is 6.10 Å². The van der Waals surface area contributed by atoms with Crippen LogP contribution in [-0.2, 0) is 9.53 Å². The van der Waals surface area contributed by atoms with Gasteiger partial charge >= 0.3 is 0 Å². The van der Waals surface area contributed by atoms with Gasteiger partial charge in [0.25, 0.3) is 0 Å². The Morgan fingerprint density at radius 2 is 1.71 bits per heavy atom. The van der Waals surface area contributed by atoms with Crippen LogP contribution in [0.15, 0.2) is 0 Å². The van der Waals surface area contributed by atoms with Crippen molar-refractivity contribution in [1.82, 2.24) is 9.80 Å². The Morgan fingerprint density at radius 1 is 1.14 bits per heavy atom. The van der Waals surface area contributed by atoms with E-state index in [2.05, 4.69) is 25.7 Å². The van der Waals surface area contributed by atoms with E-state index in [1.807, 2.05) is 4.90 Å². The molecule has 4 heteroatoms. The minimum Gasteiger partial charge on any atom is -0.378 e. The quantitative estimate of drug-likeness (QED) is 0.782. The Morgan fingerprint density at radius 3 is 2.19 bits per heavy atom. The van der Waals surface area contributed by atoms with Crippen molar-refractivity contribution < 1.29 is 9.53 Å². The van der Waals surface area contributed by atoms with Gasteiger partial charge < -0.3 is 9.64 Å². The molecule has 0 radical (unpaired) electrons. The minimum absolute atomic E-state index is 0.274. The van der Waals surface area contributed by atoms with Gasteiger partial charge in [0.15, 0.2) is 0 Å². The van der Waals surface area contributed by atoms with E-state index < -0.39 is 0 Å². The van der Waals surface area contributed by atoms with Crippen molar-refractivity contribution in [1.29, 1.82) is 0 Å². The molecule has 0 N–H and O–H groups in total. The maximum absolute atomic E-state index is 12.4. The van der Waals surface area contributed by atoms with Crippen molar-refractivity contribution in [2.75, 3.05) is 33.3 Å². The number of methoxy groups -OCH3 is 1. The van der Waals surface area contributed by atoms with Crippen LogP contribution in [0.2, 0.25) is 0 Å². The van der Waals surface area contributed by atoms with Gasteiger partial charge in [-0.15, -0.1) is 0 Å². The lowest BCUT2D eigenvalue weighted by atomic mass is 9.64. The zero-order valence-electron chi connectivity index (χ0n) is 14.0. The average Bonchev–Trinajstić information content (AvgIpc) is 2.33. The standard InChI is InChI=1S/C17H30N2O2/c1-16(2,3)19-11-17(12-19)7-5-13(6-8-17)15(20)18-9-14(10-18)21-4/h13-14H,5-12H2,1-4H3. The molecule has 0 atom stereocenters. The molecule has 1 aliphatic carbocycles. The molecule has 1 amide bonds. The third-order valence-electron chi connectivity index (χ3n) is 5.89. The first-order valence-corrected chi connectivity index (χ1v) is 8.40. The molecule has 0 aromatic rings. The summed E-state index contributed by atoms with van der Waals surface area (Å²) in [5.41, 5.74) is 0.818. The Hall–Kier alpha value is -0.610. The summed E-state index contributed by atoms with van der Waals surface area (Å²) >= 11 is 0. The van der Waals surface area contributed by atoms with Crippen LogP contribution in [-0.4, -0.2) is 60.6 Å². The van der Waals surface area contributed by atoms with Gasteiger partial charge in [0.1, 0.15) is 0 Å². The maximum Gasteiger partial charge on any atom is 0.225 e. The van der Waals surface area contributed by atoms with Gasteiger partial charge in [0, 0.05) is 44.7 Å². The number of hydrogen-bond donors (Lipinski definition) is 0. The summed E-state index contributed by atoms with van der Waals surface area (Å²) in [6.07, 6.45) is 4.92. The summed E-state index contributed by atoms with van der Waals surface area (Å²) in [6, 6.07) is 0. The smallest absolute Gasteiger partial charge is 0.225 e. The molecule has 2 heterocycles. The predicted molar refractivity (Wildman–Crippen MR) is 83.1 cm³/mol. The van der Waals surface area contributed by atoms with Gasteiger partial charge in [0.2, 0.25) is 5.91 Å². The highest BCUT2D eigenvalue weighted by Crippen LogP contribution is 2.48. The normalized spacial score (nSPS) is 27.5. The second-order valence-electron chi connectivity index (χ2n) is 8.40. The Balaban J connectivity index is 1.45. The first-order chi connectivity index (χ1) is 9.83. The minimum atomic E-state index is 0.274. The molecule has 1 spiro atoms. The molecule has 3 aliphatic rings. The summed E-state index contributed by atoms with van der Waals surface area (Å²) < 4.78 is 5.26. The summed E-state index contributed by atoms with van der Waals surface area (Å²) in [6.45, 7) is 10.9. The number of amides is 1. The number of carbonyl (C=O) groups is 1. The fraction of sp³-hybridized carbons (Fsp3) is 0.941. The number of carbonyl (C=O) groups excluding carboxylic acids is 1. The molecule has 0 bridgehead atoms. The van der Waals surface area contributed by atoms with Crippen LogP contribution in [0.3, 0.4) is 0 Å². The number of ether oxygens (including phenoxy) is 1. The van der Waals surface area contributed by atoms with E-state index in [-0.39, 0.29) is 12.0 Å². The van der Waals surface area contributed by atoms with E-state index in [4.69, 9.17) is 4.74 Å². The molecule has 3 rings (SSSR count). The molecule has 21 heavy (non-hydrogen) atoms. The number of nitrogens with zero attached hydrogens (tertiary/aromatic N) is 2. The van der Waals surface area contributed by atoms with Crippen molar-refractivity contribution in [3.63, 3.8) is 0 Å². The van der Waals surface area contributed by atoms with E-state index in [0.29, 0.717) is 16.9 Å². The number of hydrogen-bond acceptors (Lipinski definition) is 3. The van der Waals surface area contributed by atoms with Gasteiger partial charge in [-0.3, -0.25) is 9.69 Å². The first-order valence-electron chi connectivity index (χ1n) is 8.40. The molecule has 120 valence electrons.